The van der Waals surface area contributed by atoms with Gasteiger partial charge in [0.05, 0.1) is 0 Å². The molecule has 1 atom stereocenters. The summed E-state index contributed by atoms with van der Waals surface area (Å²) in [5, 5.41) is 3.32. The fourth-order valence-electron chi connectivity index (χ4n) is 2.70. The van der Waals surface area contributed by atoms with Gasteiger partial charge in [0.1, 0.15) is 6.04 Å². The lowest BCUT2D eigenvalue weighted by atomic mass is 10.0. The molecule has 2 fully saturated rings. The fourth-order valence-corrected chi connectivity index (χ4v) is 2.70. The van der Waals surface area contributed by atoms with Crippen LogP contribution in [0.5, 0.6) is 0 Å². The molecule has 2 aliphatic rings. The minimum atomic E-state index is 0.00171. The second kappa shape index (κ2) is 5.80. The van der Waals surface area contributed by atoms with Gasteiger partial charge in [-0.05, 0) is 12.8 Å². The largest absolute Gasteiger partial charge is 0.381 e. The van der Waals surface area contributed by atoms with Crippen molar-refractivity contribution in [1.29, 1.82) is 0 Å². The Morgan fingerprint density at radius 2 is 2.06 bits per heavy atom. The number of nitrogens with one attached hydrogen (secondary N) is 1. The molecule has 0 spiro atoms. The molecule has 0 aliphatic carbocycles. The zero-order valence-electron chi connectivity index (χ0n) is 10.8. The van der Waals surface area contributed by atoms with E-state index in [2.05, 4.69) is 10.2 Å². The molecule has 0 aromatic carbocycles. The van der Waals surface area contributed by atoms with E-state index in [4.69, 9.17) is 4.74 Å². The molecule has 0 radical (unpaired) electrons. The standard InChI is InChI=1S/C12H23N3O2/c1-14(2)12(16)11-9-13-5-6-15(11)10-3-7-17-8-4-10/h10-11,13H,3-9H2,1-2H3. The summed E-state index contributed by atoms with van der Waals surface area (Å²) in [7, 11) is 3.66. The topological polar surface area (TPSA) is 44.8 Å². The van der Waals surface area contributed by atoms with Crippen LogP contribution in [-0.4, -0.2) is 74.7 Å². The van der Waals surface area contributed by atoms with Crippen LogP contribution in [0.1, 0.15) is 12.8 Å². The molecule has 2 heterocycles. The minimum Gasteiger partial charge on any atom is -0.381 e. The van der Waals surface area contributed by atoms with Gasteiger partial charge < -0.3 is 15.0 Å². The molecule has 98 valence electrons. The lowest BCUT2D eigenvalue weighted by Gasteiger charge is -2.42. The van der Waals surface area contributed by atoms with Crippen molar-refractivity contribution < 1.29 is 9.53 Å². The molecular weight excluding hydrogens is 218 g/mol. The van der Waals surface area contributed by atoms with Gasteiger partial charge in [-0.2, -0.15) is 0 Å². The number of amides is 1. The number of rotatable bonds is 2. The smallest absolute Gasteiger partial charge is 0.240 e. The molecule has 0 saturated carbocycles. The van der Waals surface area contributed by atoms with Crippen molar-refractivity contribution in [2.45, 2.75) is 24.9 Å². The SMILES string of the molecule is CN(C)C(=O)C1CNCCN1C1CCOCC1. The van der Waals surface area contributed by atoms with Crippen LogP contribution in [0.3, 0.4) is 0 Å². The van der Waals surface area contributed by atoms with Crippen LogP contribution in [0.4, 0.5) is 0 Å². The van der Waals surface area contributed by atoms with E-state index in [0.29, 0.717) is 6.04 Å². The second-order valence-electron chi connectivity index (χ2n) is 5.03. The summed E-state index contributed by atoms with van der Waals surface area (Å²) in [6.07, 6.45) is 2.11. The number of piperazine rings is 1. The summed E-state index contributed by atoms with van der Waals surface area (Å²) < 4.78 is 5.40. The van der Waals surface area contributed by atoms with Gasteiger partial charge in [-0.15, -0.1) is 0 Å². The van der Waals surface area contributed by atoms with E-state index >= 15 is 0 Å². The summed E-state index contributed by atoms with van der Waals surface area (Å²) >= 11 is 0. The van der Waals surface area contributed by atoms with Gasteiger partial charge in [0.25, 0.3) is 0 Å². The molecule has 2 rings (SSSR count). The van der Waals surface area contributed by atoms with Gasteiger partial charge in [-0.25, -0.2) is 0 Å². The second-order valence-corrected chi connectivity index (χ2v) is 5.03. The van der Waals surface area contributed by atoms with E-state index in [1.54, 1.807) is 4.90 Å². The molecule has 1 N–H and O–H groups in total. The van der Waals surface area contributed by atoms with Crippen molar-refractivity contribution >= 4 is 5.91 Å². The summed E-state index contributed by atoms with van der Waals surface area (Å²) in [5.74, 6) is 0.212. The molecule has 5 nitrogen and oxygen atoms in total. The van der Waals surface area contributed by atoms with Crippen molar-refractivity contribution in [3.05, 3.63) is 0 Å². The Hall–Kier alpha value is -0.650. The van der Waals surface area contributed by atoms with Crippen molar-refractivity contribution in [3.63, 3.8) is 0 Å². The number of nitrogens with zero attached hydrogens (tertiary/aromatic N) is 2. The van der Waals surface area contributed by atoms with Crippen LogP contribution >= 0.6 is 0 Å². The predicted octanol–water partition coefficient (Wildman–Crippen LogP) is -0.473. The van der Waals surface area contributed by atoms with Crippen LogP contribution in [-0.2, 0) is 9.53 Å². The van der Waals surface area contributed by atoms with Gasteiger partial charge in [-0.1, -0.05) is 0 Å². The molecule has 17 heavy (non-hydrogen) atoms. The summed E-state index contributed by atoms with van der Waals surface area (Å²) in [6, 6.07) is 0.515. The average molecular weight is 241 g/mol. The maximum atomic E-state index is 12.2. The monoisotopic (exact) mass is 241 g/mol. The summed E-state index contributed by atoms with van der Waals surface area (Å²) in [5.41, 5.74) is 0. The molecule has 2 saturated heterocycles. The maximum Gasteiger partial charge on any atom is 0.240 e. The highest BCUT2D eigenvalue weighted by Crippen LogP contribution is 2.19. The van der Waals surface area contributed by atoms with E-state index in [0.717, 1.165) is 45.7 Å². The fraction of sp³-hybridized carbons (Fsp3) is 0.917. The number of likely N-dealkylation sites (N-methyl/N-ethyl adjacent to an activating group) is 1. The number of hydrogen-bond acceptors (Lipinski definition) is 4. The van der Waals surface area contributed by atoms with Crippen LogP contribution in [0.25, 0.3) is 0 Å². The van der Waals surface area contributed by atoms with Gasteiger partial charge in [-0.3, -0.25) is 9.69 Å². The highest BCUT2D eigenvalue weighted by atomic mass is 16.5. The Bertz CT molecular complexity index is 264. The molecule has 0 aromatic heterocycles. The average Bonchev–Trinajstić information content (AvgIpc) is 2.39. The van der Waals surface area contributed by atoms with E-state index in [1.165, 1.54) is 0 Å². The zero-order valence-corrected chi connectivity index (χ0v) is 10.8. The molecular formula is C12H23N3O2. The Morgan fingerprint density at radius 1 is 1.35 bits per heavy atom. The lowest BCUT2D eigenvalue weighted by molar-refractivity contribution is -0.137. The highest BCUT2D eigenvalue weighted by Gasteiger charge is 2.34. The van der Waals surface area contributed by atoms with Crippen LogP contribution in [0.15, 0.2) is 0 Å². The van der Waals surface area contributed by atoms with Crippen LogP contribution in [0, 0.1) is 0 Å². The van der Waals surface area contributed by atoms with Crippen LogP contribution < -0.4 is 5.32 Å². The number of hydrogen-bond donors (Lipinski definition) is 1. The first-order valence-corrected chi connectivity index (χ1v) is 6.45. The van der Waals surface area contributed by atoms with Crippen LogP contribution in [0.2, 0.25) is 0 Å². The number of ether oxygens (including phenoxy) is 1. The van der Waals surface area contributed by atoms with Gasteiger partial charge in [0.15, 0.2) is 0 Å². The Kier molecular flexibility index (Phi) is 4.36. The minimum absolute atomic E-state index is 0.00171. The predicted molar refractivity (Wildman–Crippen MR) is 65.9 cm³/mol. The van der Waals surface area contributed by atoms with E-state index in [-0.39, 0.29) is 11.9 Å². The molecule has 2 aliphatic heterocycles. The Balaban J connectivity index is 2.03. The first-order valence-electron chi connectivity index (χ1n) is 6.45. The van der Waals surface area contributed by atoms with Gasteiger partial charge in [0.2, 0.25) is 5.91 Å². The lowest BCUT2D eigenvalue weighted by Crippen LogP contribution is -2.61. The van der Waals surface area contributed by atoms with Gasteiger partial charge in [0, 0.05) is 53.0 Å². The first kappa shape index (κ1) is 12.8. The highest BCUT2D eigenvalue weighted by molar-refractivity contribution is 5.81. The normalized spacial score (nSPS) is 28.0. The van der Waals surface area contributed by atoms with Crippen molar-refractivity contribution in [1.82, 2.24) is 15.1 Å². The van der Waals surface area contributed by atoms with E-state index in [1.807, 2.05) is 14.1 Å². The molecule has 5 heteroatoms. The Labute approximate surface area is 103 Å². The van der Waals surface area contributed by atoms with E-state index in [9.17, 15) is 4.79 Å². The maximum absolute atomic E-state index is 12.2. The quantitative estimate of drug-likeness (QED) is 0.710. The molecule has 1 unspecified atom stereocenters. The van der Waals surface area contributed by atoms with Crippen molar-refractivity contribution in [2.24, 2.45) is 0 Å². The third-order valence-corrected chi connectivity index (χ3v) is 3.67. The third kappa shape index (κ3) is 2.97. The van der Waals surface area contributed by atoms with Gasteiger partial charge >= 0.3 is 0 Å². The van der Waals surface area contributed by atoms with Crippen molar-refractivity contribution in [2.75, 3.05) is 46.9 Å². The zero-order chi connectivity index (χ0) is 12.3. The summed E-state index contributed by atoms with van der Waals surface area (Å²) in [4.78, 5) is 16.2. The third-order valence-electron chi connectivity index (χ3n) is 3.67. The summed E-state index contributed by atoms with van der Waals surface area (Å²) in [6.45, 7) is 4.38. The van der Waals surface area contributed by atoms with E-state index < -0.39 is 0 Å². The number of carbonyl (C=O) groups is 1. The molecule has 0 aromatic rings. The molecule has 0 bridgehead atoms. The molecule has 1 amide bonds. The Morgan fingerprint density at radius 3 is 2.71 bits per heavy atom. The number of carbonyl (C=O) groups excluding carboxylic acids is 1. The van der Waals surface area contributed by atoms with Crippen molar-refractivity contribution in [3.8, 4) is 0 Å². The first-order chi connectivity index (χ1) is 8.20.